The molecule has 0 amide bonds. The van der Waals surface area contributed by atoms with Crippen molar-refractivity contribution in [2.24, 2.45) is 0 Å². The number of nitrogens with two attached hydrogens (primary N) is 1. The Kier molecular flexibility index (Phi) is 2.80. The van der Waals surface area contributed by atoms with Gasteiger partial charge in [-0.05, 0) is 30.3 Å². The van der Waals surface area contributed by atoms with Gasteiger partial charge >= 0.3 is 5.97 Å². The van der Waals surface area contributed by atoms with E-state index in [9.17, 15) is 9.90 Å². The Morgan fingerprint density at radius 2 is 1.70 bits per heavy atom. The minimum absolute atomic E-state index is 0.00225. The molecule has 1 aromatic heterocycles. The number of anilines is 1. The number of benzene rings is 2. The molecule has 0 spiro atoms. The lowest BCUT2D eigenvalue weighted by Gasteiger charge is -2.06. The lowest BCUT2D eigenvalue weighted by molar-refractivity contribution is 0.0693. The molecular formula is C15H11N3O2. The van der Waals surface area contributed by atoms with Gasteiger partial charge in [-0.25, -0.2) is 14.8 Å². The highest BCUT2D eigenvalue weighted by Gasteiger charge is 2.14. The van der Waals surface area contributed by atoms with Crippen molar-refractivity contribution in [2.45, 2.75) is 0 Å². The molecule has 0 radical (unpaired) electrons. The number of carboxylic acids is 1. The quantitative estimate of drug-likeness (QED) is 0.695. The number of para-hydroxylation sites is 1. The van der Waals surface area contributed by atoms with Crippen LogP contribution in [0.3, 0.4) is 0 Å². The lowest BCUT2D eigenvalue weighted by Crippen LogP contribution is -2.04. The second-order valence-electron chi connectivity index (χ2n) is 4.34. The van der Waals surface area contributed by atoms with Gasteiger partial charge in [0.2, 0.25) is 0 Å². The molecule has 0 saturated heterocycles. The van der Waals surface area contributed by atoms with Crippen LogP contribution >= 0.6 is 0 Å². The van der Waals surface area contributed by atoms with Crippen LogP contribution in [0.25, 0.3) is 22.3 Å². The van der Waals surface area contributed by atoms with Crippen molar-refractivity contribution in [1.82, 2.24) is 9.97 Å². The molecule has 5 nitrogen and oxygen atoms in total. The van der Waals surface area contributed by atoms with E-state index in [4.69, 9.17) is 5.73 Å². The summed E-state index contributed by atoms with van der Waals surface area (Å²) in [5.41, 5.74) is 7.61. The van der Waals surface area contributed by atoms with Gasteiger partial charge in [-0.3, -0.25) is 0 Å². The fourth-order valence-electron chi connectivity index (χ4n) is 2.00. The van der Waals surface area contributed by atoms with Crippen LogP contribution in [0.1, 0.15) is 10.5 Å². The highest BCUT2D eigenvalue weighted by atomic mass is 16.4. The number of aromatic carboxylic acids is 1. The monoisotopic (exact) mass is 265 g/mol. The molecule has 0 saturated carbocycles. The Morgan fingerprint density at radius 3 is 2.40 bits per heavy atom. The Labute approximate surface area is 114 Å². The minimum Gasteiger partial charge on any atom is -0.476 e. The lowest BCUT2D eigenvalue weighted by atomic mass is 10.1. The maximum absolute atomic E-state index is 11.3. The molecule has 0 aliphatic heterocycles. The molecule has 2 aromatic carbocycles. The fourth-order valence-corrected chi connectivity index (χ4v) is 2.00. The third-order valence-electron chi connectivity index (χ3n) is 2.97. The summed E-state index contributed by atoms with van der Waals surface area (Å²) in [6, 6.07) is 14.0. The second kappa shape index (κ2) is 4.62. The van der Waals surface area contributed by atoms with Crippen molar-refractivity contribution in [3.63, 3.8) is 0 Å². The molecule has 3 N–H and O–H groups in total. The van der Waals surface area contributed by atoms with E-state index in [-0.39, 0.29) is 5.69 Å². The van der Waals surface area contributed by atoms with Crippen molar-refractivity contribution in [1.29, 1.82) is 0 Å². The largest absolute Gasteiger partial charge is 0.476 e. The van der Waals surface area contributed by atoms with Gasteiger partial charge in [0.15, 0.2) is 11.5 Å². The first-order valence-electron chi connectivity index (χ1n) is 6.01. The zero-order valence-electron chi connectivity index (χ0n) is 10.4. The van der Waals surface area contributed by atoms with E-state index in [0.29, 0.717) is 22.4 Å². The number of hydrogen-bond donors (Lipinski definition) is 2. The highest BCUT2D eigenvalue weighted by molar-refractivity contribution is 6.01. The van der Waals surface area contributed by atoms with Crippen molar-refractivity contribution >= 4 is 22.6 Å². The standard InChI is InChI=1S/C15H11N3O2/c16-10-7-5-9(6-8-10)14-17-12-4-2-1-3-11(12)13(18-14)15(19)20/h1-8H,16H2,(H,19,20). The highest BCUT2D eigenvalue weighted by Crippen LogP contribution is 2.22. The Bertz CT molecular complexity index is 798. The molecule has 0 fully saturated rings. The van der Waals surface area contributed by atoms with Gasteiger partial charge in [-0.2, -0.15) is 0 Å². The second-order valence-corrected chi connectivity index (χ2v) is 4.34. The van der Waals surface area contributed by atoms with Gasteiger partial charge in [-0.1, -0.05) is 18.2 Å². The van der Waals surface area contributed by atoms with E-state index >= 15 is 0 Å². The predicted molar refractivity (Wildman–Crippen MR) is 76.3 cm³/mol. The summed E-state index contributed by atoms with van der Waals surface area (Å²) in [6.07, 6.45) is 0. The Morgan fingerprint density at radius 1 is 1.00 bits per heavy atom. The van der Waals surface area contributed by atoms with Crippen molar-refractivity contribution in [2.75, 3.05) is 5.73 Å². The number of nitrogens with zero attached hydrogens (tertiary/aromatic N) is 2. The fraction of sp³-hybridized carbons (Fsp3) is 0. The molecule has 20 heavy (non-hydrogen) atoms. The smallest absolute Gasteiger partial charge is 0.355 e. The molecular weight excluding hydrogens is 254 g/mol. The summed E-state index contributed by atoms with van der Waals surface area (Å²) in [4.78, 5) is 19.9. The summed E-state index contributed by atoms with van der Waals surface area (Å²) in [5.74, 6) is -0.693. The number of aromatic nitrogens is 2. The van der Waals surface area contributed by atoms with Crippen LogP contribution in [0.2, 0.25) is 0 Å². The van der Waals surface area contributed by atoms with Crippen molar-refractivity contribution < 1.29 is 9.90 Å². The summed E-state index contributed by atoms with van der Waals surface area (Å²) in [5, 5.41) is 9.82. The summed E-state index contributed by atoms with van der Waals surface area (Å²) >= 11 is 0. The SMILES string of the molecule is Nc1ccc(-c2nc(C(=O)O)c3ccccc3n2)cc1. The number of carboxylic acid groups (broad SMARTS) is 1. The maximum atomic E-state index is 11.3. The first-order valence-corrected chi connectivity index (χ1v) is 6.01. The van der Waals surface area contributed by atoms with Crippen LogP contribution in [0.15, 0.2) is 48.5 Å². The zero-order valence-corrected chi connectivity index (χ0v) is 10.4. The molecule has 3 rings (SSSR count). The first-order chi connectivity index (χ1) is 9.65. The van der Waals surface area contributed by atoms with Crippen LogP contribution in [-0.4, -0.2) is 21.0 Å². The van der Waals surface area contributed by atoms with E-state index in [1.807, 2.05) is 6.07 Å². The molecule has 0 aliphatic rings. The van der Waals surface area contributed by atoms with Crippen molar-refractivity contribution in [3.8, 4) is 11.4 Å². The van der Waals surface area contributed by atoms with E-state index in [2.05, 4.69) is 9.97 Å². The number of fused-ring (bicyclic) bond motifs is 1. The van der Waals surface area contributed by atoms with Crippen LogP contribution in [0, 0.1) is 0 Å². The van der Waals surface area contributed by atoms with Gasteiger partial charge in [0, 0.05) is 16.6 Å². The first kappa shape index (κ1) is 12.1. The molecule has 0 atom stereocenters. The molecule has 0 unspecified atom stereocenters. The maximum Gasteiger partial charge on any atom is 0.355 e. The average Bonchev–Trinajstić information content (AvgIpc) is 2.46. The third-order valence-corrected chi connectivity index (χ3v) is 2.97. The molecule has 98 valence electrons. The molecule has 0 bridgehead atoms. The van der Waals surface area contributed by atoms with Crippen LogP contribution < -0.4 is 5.73 Å². The van der Waals surface area contributed by atoms with Crippen LogP contribution in [0.5, 0.6) is 0 Å². The zero-order chi connectivity index (χ0) is 14.1. The number of rotatable bonds is 2. The van der Waals surface area contributed by atoms with Gasteiger partial charge in [0.1, 0.15) is 0 Å². The normalized spacial score (nSPS) is 10.6. The van der Waals surface area contributed by atoms with E-state index in [0.717, 1.165) is 5.56 Å². The van der Waals surface area contributed by atoms with E-state index in [1.165, 1.54) is 0 Å². The minimum atomic E-state index is -1.07. The van der Waals surface area contributed by atoms with Crippen molar-refractivity contribution in [3.05, 3.63) is 54.2 Å². The van der Waals surface area contributed by atoms with Gasteiger partial charge in [0.05, 0.1) is 5.52 Å². The van der Waals surface area contributed by atoms with Gasteiger partial charge in [-0.15, -0.1) is 0 Å². The number of nitrogen functional groups attached to an aromatic ring is 1. The molecule has 1 heterocycles. The number of hydrogen-bond acceptors (Lipinski definition) is 4. The topological polar surface area (TPSA) is 89.1 Å². The summed E-state index contributed by atoms with van der Waals surface area (Å²) < 4.78 is 0. The number of carbonyl (C=O) groups is 1. The van der Waals surface area contributed by atoms with Gasteiger partial charge < -0.3 is 10.8 Å². The molecule has 5 heteroatoms. The Hall–Kier alpha value is -2.95. The van der Waals surface area contributed by atoms with Crippen LogP contribution in [-0.2, 0) is 0 Å². The van der Waals surface area contributed by atoms with E-state index in [1.54, 1.807) is 42.5 Å². The predicted octanol–water partition coefficient (Wildman–Crippen LogP) is 2.58. The van der Waals surface area contributed by atoms with Gasteiger partial charge in [0.25, 0.3) is 0 Å². The van der Waals surface area contributed by atoms with E-state index < -0.39 is 5.97 Å². The van der Waals surface area contributed by atoms with Crippen LogP contribution in [0.4, 0.5) is 5.69 Å². The average molecular weight is 265 g/mol. The summed E-state index contributed by atoms with van der Waals surface area (Å²) in [7, 11) is 0. The Balaban J connectivity index is 2.27. The molecule has 0 aliphatic carbocycles. The summed E-state index contributed by atoms with van der Waals surface area (Å²) in [6.45, 7) is 0. The third kappa shape index (κ3) is 2.05. The molecule has 3 aromatic rings.